The number of nitrogen functional groups attached to an aromatic ring is 1. The zero-order chi connectivity index (χ0) is 15.2. The number of morpholine rings is 1. The Labute approximate surface area is 125 Å². The number of hydrogen-bond acceptors (Lipinski definition) is 8. The van der Waals surface area contributed by atoms with E-state index in [1.807, 2.05) is 0 Å². The lowest BCUT2D eigenvalue weighted by Crippen LogP contribution is -2.37. The molecule has 8 nitrogen and oxygen atoms in total. The molecule has 1 fully saturated rings. The maximum absolute atomic E-state index is 5.45. The molecule has 2 rings (SSSR count). The minimum absolute atomic E-state index is 0.367. The van der Waals surface area contributed by atoms with E-state index in [1.165, 1.54) is 0 Å². The lowest BCUT2D eigenvalue weighted by Gasteiger charge is -2.27. The van der Waals surface area contributed by atoms with Crippen molar-refractivity contribution in [3.63, 3.8) is 0 Å². The van der Waals surface area contributed by atoms with Gasteiger partial charge in [-0.05, 0) is 11.8 Å². The first-order chi connectivity index (χ1) is 10.1. The van der Waals surface area contributed by atoms with E-state index in [0.717, 1.165) is 19.6 Å². The fourth-order valence-corrected chi connectivity index (χ4v) is 1.90. The van der Waals surface area contributed by atoms with Crippen LogP contribution in [0.15, 0.2) is 0 Å². The van der Waals surface area contributed by atoms with Crippen molar-refractivity contribution in [2.75, 3.05) is 48.5 Å². The highest BCUT2D eigenvalue weighted by Crippen LogP contribution is 2.16. The Balaban J connectivity index is 2.09. The SMILES string of the molecule is CC(C)C(C)CNc1nc(NN)nc(N2CCOCC2)n1. The Kier molecular flexibility index (Phi) is 5.51. The van der Waals surface area contributed by atoms with Crippen molar-refractivity contribution >= 4 is 17.8 Å². The summed E-state index contributed by atoms with van der Waals surface area (Å²) in [5.41, 5.74) is 2.50. The summed E-state index contributed by atoms with van der Waals surface area (Å²) in [7, 11) is 0. The van der Waals surface area contributed by atoms with Crippen LogP contribution in [0, 0.1) is 11.8 Å². The summed E-state index contributed by atoms with van der Waals surface area (Å²) >= 11 is 0. The van der Waals surface area contributed by atoms with Gasteiger partial charge in [0.05, 0.1) is 13.2 Å². The third-order valence-corrected chi connectivity index (χ3v) is 3.77. The minimum Gasteiger partial charge on any atom is -0.378 e. The summed E-state index contributed by atoms with van der Waals surface area (Å²) in [5.74, 6) is 8.12. The van der Waals surface area contributed by atoms with Gasteiger partial charge >= 0.3 is 0 Å². The van der Waals surface area contributed by atoms with Gasteiger partial charge < -0.3 is 15.0 Å². The molecule has 0 aromatic carbocycles. The number of nitrogens with one attached hydrogen (secondary N) is 2. The summed E-state index contributed by atoms with van der Waals surface area (Å²) in [6, 6.07) is 0. The fraction of sp³-hybridized carbons (Fsp3) is 0.769. The molecule has 0 saturated carbocycles. The van der Waals surface area contributed by atoms with Crippen LogP contribution in [0.25, 0.3) is 0 Å². The second-order valence-electron chi connectivity index (χ2n) is 5.63. The molecule has 2 heterocycles. The molecule has 1 unspecified atom stereocenters. The molecule has 0 bridgehead atoms. The molecule has 1 aromatic rings. The van der Waals surface area contributed by atoms with Crippen LogP contribution >= 0.6 is 0 Å². The van der Waals surface area contributed by atoms with Crippen LogP contribution in [0.5, 0.6) is 0 Å². The monoisotopic (exact) mass is 295 g/mol. The molecular formula is C13H25N7O. The van der Waals surface area contributed by atoms with Gasteiger partial charge in [-0.2, -0.15) is 15.0 Å². The van der Waals surface area contributed by atoms with Crippen LogP contribution in [0.2, 0.25) is 0 Å². The van der Waals surface area contributed by atoms with Gasteiger partial charge in [0.25, 0.3) is 0 Å². The van der Waals surface area contributed by atoms with E-state index in [-0.39, 0.29) is 0 Å². The quantitative estimate of drug-likeness (QED) is 0.521. The molecule has 1 aliphatic rings. The predicted octanol–water partition coefficient (Wildman–Crippen LogP) is 0.698. The van der Waals surface area contributed by atoms with E-state index >= 15 is 0 Å². The predicted molar refractivity (Wildman–Crippen MR) is 83.2 cm³/mol. The molecule has 21 heavy (non-hydrogen) atoms. The largest absolute Gasteiger partial charge is 0.378 e. The molecule has 0 radical (unpaired) electrons. The van der Waals surface area contributed by atoms with Crippen LogP contribution < -0.4 is 21.5 Å². The van der Waals surface area contributed by atoms with E-state index in [9.17, 15) is 0 Å². The van der Waals surface area contributed by atoms with Gasteiger partial charge in [0, 0.05) is 19.6 Å². The van der Waals surface area contributed by atoms with E-state index in [2.05, 4.69) is 51.4 Å². The Morgan fingerprint density at radius 1 is 1.14 bits per heavy atom. The summed E-state index contributed by atoms with van der Waals surface area (Å²) in [6.07, 6.45) is 0. The van der Waals surface area contributed by atoms with Crippen molar-refractivity contribution in [2.24, 2.45) is 17.7 Å². The molecule has 8 heteroatoms. The van der Waals surface area contributed by atoms with Crippen molar-refractivity contribution in [3.8, 4) is 0 Å². The van der Waals surface area contributed by atoms with Gasteiger partial charge in [-0.15, -0.1) is 0 Å². The lowest BCUT2D eigenvalue weighted by molar-refractivity contribution is 0.122. The average Bonchev–Trinajstić information content (AvgIpc) is 2.52. The summed E-state index contributed by atoms with van der Waals surface area (Å²) in [4.78, 5) is 15.1. The maximum Gasteiger partial charge on any atom is 0.243 e. The zero-order valence-corrected chi connectivity index (χ0v) is 13.0. The molecule has 0 aliphatic carbocycles. The van der Waals surface area contributed by atoms with Gasteiger partial charge in [-0.25, -0.2) is 5.84 Å². The van der Waals surface area contributed by atoms with Gasteiger partial charge in [-0.3, -0.25) is 5.43 Å². The Bertz CT molecular complexity index is 448. The fourth-order valence-electron chi connectivity index (χ4n) is 1.90. The normalized spacial score (nSPS) is 16.9. The minimum atomic E-state index is 0.367. The number of aromatic nitrogens is 3. The molecule has 1 aliphatic heterocycles. The van der Waals surface area contributed by atoms with Crippen molar-refractivity contribution in [1.29, 1.82) is 0 Å². The number of nitrogens with two attached hydrogens (primary N) is 1. The van der Waals surface area contributed by atoms with E-state index in [1.54, 1.807) is 0 Å². The highest BCUT2D eigenvalue weighted by molar-refractivity contribution is 5.43. The van der Waals surface area contributed by atoms with Crippen molar-refractivity contribution in [2.45, 2.75) is 20.8 Å². The second-order valence-corrected chi connectivity index (χ2v) is 5.63. The van der Waals surface area contributed by atoms with E-state index in [0.29, 0.717) is 42.9 Å². The van der Waals surface area contributed by atoms with Gasteiger partial charge in [-0.1, -0.05) is 20.8 Å². The van der Waals surface area contributed by atoms with Crippen LogP contribution in [-0.2, 0) is 4.74 Å². The molecule has 1 atom stereocenters. The van der Waals surface area contributed by atoms with Crippen molar-refractivity contribution in [3.05, 3.63) is 0 Å². The third kappa shape index (κ3) is 4.40. The molecule has 0 amide bonds. The molecule has 1 aromatic heterocycles. The number of hydrazine groups is 1. The first-order valence-corrected chi connectivity index (χ1v) is 7.39. The molecular weight excluding hydrogens is 270 g/mol. The molecule has 0 spiro atoms. The van der Waals surface area contributed by atoms with Crippen LogP contribution in [0.4, 0.5) is 17.8 Å². The highest BCUT2D eigenvalue weighted by Gasteiger charge is 2.16. The lowest BCUT2D eigenvalue weighted by atomic mass is 9.98. The van der Waals surface area contributed by atoms with Gasteiger partial charge in [0.2, 0.25) is 17.8 Å². The highest BCUT2D eigenvalue weighted by atomic mass is 16.5. The van der Waals surface area contributed by atoms with Crippen LogP contribution in [-0.4, -0.2) is 47.8 Å². The summed E-state index contributed by atoms with van der Waals surface area (Å²) in [5, 5.41) is 3.26. The Morgan fingerprint density at radius 3 is 2.43 bits per heavy atom. The number of ether oxygens (including phenoxy) is 1. The first-order valence-electron chi connectivity index (χ1n) is 7.39. The van der Waals surface area contributed by atoms with Crippen molar-refractivity contribution in [1.82, 2.24) is 15.0 Å². The standard InChI is InChI=1S/C13H25N7O/c1-9(2)10(3)8-15-11-16-12(19-14)18-13(17-11)20-4-6-21-7-5-20/h9-10H,4-8,14H2,1-3H3,(H2,15,16,17,18,19). The topological polar surface area (TPSA) is 101 Å². The van der Waals surface area contributed by atoms with Crippen molar-refractivity contribution < 1.29 is 4.74 Å². The maximum atomic E-state index is 5.45. The molecule has 1 saturated heterocycles. The first kappa shape index (κ1) is 15.7. The number of anilines is 3. The number of nitrogens with zero attached hydrogens (tertiary/aromatic N) is 4. The summed E-state index contributed by atoms with van der Waals surface area (Å²) in [6.45, 7) is 10.3. The van der Waals surface area contributed by atoms with Crippen LogP contribution in [0.1, 0.15) is 20.8 Å². The Hall–Kier alpha value is -1.67. The van der Waals surface area contributed by atoms with E-state index in [4.69, 9.17) is 10.6 Å². The molecule has 4 N–H and O–H groups in total. The Morgan fingerprint density at radius 2 is 1.81 bits per heavy atom. The van der Waals surface area contributed by atoms with Gasteiger partial charge in [0.15, 0.2) is 0 Å². The molecule has 118 valence electrons. The van der Waals surface area contributed by atoms with Gasteiger partial charge in [0.1, 0.15) is 0 Å². The number of hydrogen-bond donors (Lipinski definition) is 3. The van der Waals surface area contributed by atoms with Crippen LogP contribution in [0.3, 0.4) is 0 Å². The smallest absolute Gasteiger partial charge is 0.243 e. The third-order valence-electron chi connectivity index (χ3n) is 3.77. The number of rotatable bonds is 6. The summed E-state index contributed by atoms with van der Waals surface area (Å²) < 4.78 is 5.34. The second kappa shape index (κ2) is 7.37. The van der Waals surface area contributed by atoms with E-state index < -0.39 is 0 Å². The zero-order valence-electron chi connectivity index (χ0n) is 13.0. The average molecular weight is 295 g/mol.